The summed E-state index contributed by atoms with van der Waals surface area (Å²) in [4.78, 5) is 25.0. The molecule has 1 heterocycles. The van der Waals surface area contributed by atoms with Crippen LogP contribution in [0.3, 0.4) is 0 Å². The standard InChI is InChI=1S/C22H26N6O4S/c1-26(18-8-4-2-5-9-18)33(31,32)20-14-12-17(13-15-20)23-21(29)16-27-22(30)28(25-24-27)19-10-6-3-7-11-19/h3,6-7,10-15,18H,2,4-5,8-9,16H2,1H3,(H,23,29). The molecular formula is C22H26N6O4S. The summed E-state index contributed by atoms with van der Waals surface area (Å²) in [5.41, 5.74) is 0.426. The second-order valence-electron chi connectivity index (χ2n) is 8.05. The molecule has 4 rings (SSSR count). The third-order valence-electron chi connectivity index (χ3n) is 5.84. The highest BCUT2D eigenvalue weighted by Crippen LogP contribution is 2.27. The molecular weight excluding hydrogens is 444 g/mol. The summed E-state index contributed by atoms with van der Waals surface area (Å²) in [6.45, 7) is -0.323. The highest BCUT2D eigenvalue weighted by Gasteiger charge is 2.29. The maximum atomic E-state index is 12.9. The van der Waals surface area contributed by atoms with Crippen LogP contribution in [-0.4, -0.2) is 51.5 Å². The molecule has 2 aromatic carbocycles. The molecule has 1 aliphatic rings. The average molecular weight is 471 g/mol. The predicted octanol–water partition coefficient (Wildman–Crippen LogP) is 2.02. The zero-order valence-corrected chi connectivity index (χ0v) is 19.1. The van der Waals surface area contributed by atoms with E-state index in [0.29, 0.717) is 11.4 Å². The molecule has 0 radical (unpaired) electrons. The maximum absolute atomic E-state index is 12.9. The smallest absolute Gasteiger partial charge is 0.324 e. The van der Waals surface area contributed by atoms with Crippen LogP contribution in [0.1, 0.15) is 32.1 Å². The van der Waals surface area contributed by atoms with Gasteiger partial charge in [0.2, 0.25) is 15.9 Å². The largest absolute Gasteiger partial charge is 0.368 e. The van der Waals surface area contributed by atoms with E-state index in [1.165, 1.54) is 28.6 Å². The Labute approximate surface area is 191 Å². The van der Waals surface area contributed by atoms with Gasteiger partial charge in [-0.15, -0.1) is 0 Å². The molecule has 174 valence electrons. The van der Waals surface area contributed by atoms with Crippen molar-refractivity contribution in [3.05, 3.63) is 65.1 Å². The number of nitrogens with zero attached hydrogens (tertiary/aromatic N) is 5. The monoisotopic (exact) mass is 470 g/mol. The van der Waals surface area contributed by atoms with Crippen LogP contribution in [0.2, 0.25) is 0 Å². The summed E-state index contributed by atoms with van der Waals surface area (Å²) in [5, 5.41) is 10.2. The third-order valence-corrected chi connectivity index (χ3v) is 7.76. The Morgan fingerprint density at radius 1 is 1.03 bits per heavy atom. The molecule has 1 fully saturated rings. The first-order valence-electron chi connectivity index (χ1n) is 10.8. The third kappa shape index (κ3) is 5.04. The Kier molecular flexibility index (Phi) is 6.70. The lowest BCUT2D eigenvalue weighted by Gasteiger charge is -2.30. The van der Waals surface area contributed by atoms with Gasteiger partial charge in [0.25, 0.3) is 0 Å². The van der Waals surface area contributed by atoms with E-state index in [4.69, 9.17) is 0 Å². The van der Waals surface area contributed by atoms with Crippen LogP contribution in [-0.2, 0) is 21.4 Å². The van der Waals surface area contributed by atoms with Gasteiger partial charge >= 0.3 is 5.69 Å². The lowest BCUT2D eigenvalue weighted by Crippen LogP contribution is -2.38. The summed E-state index contributed by atoms with van der Waals surface area (Å²) in [7, 11) is -1.98. The van der Waals surface area contributed by atoms with Crippen molar-refractivity contribution in [1.82, 2.24) is 24.1 Å². The SMILES string of the molecule is CN(C1CCCCC1)S(=O)(=O)c1ccc(NC(=O)Cn2nnn(-c3ccccc3)c2=O)cc1. The van der Waals surface area contributed by atoms with E-state index >= 15 is 0 Å². The van der Waals surface area contributed by atoms with Gasteiger partial charge in [0.05, 0.1) is 10.6 Å². The number of anilines is 1. The van der Waals surface area contributed by atoms with Gasteiger partial charge in [0, 0.05) is 18.8 Å². The fraction of sp³-hybridized carbons (Fsp3) is 0.364. The minimum Gasteiger partial charge on any atom is -0.324 e. The number of amides is 1. The number of benzene rings is 2. The molecule has 1 aliphatic carbocycles. The highest BCUT2D eigenvalue weighted by molar-refractivity contribution is 7.89. The summed E-state index contributed by atoms with van der Waals surface area (Å²) in [6, 6.07) is 14.8. The van der Waals surface area contributed by atoms with E-state index in [1.54, 1.807) is 31.3 Å². The van der Waals surface area contributed by atoms with Crippen LogP contribution < -0.4 is 11.0 Å². The molecule has 0 unspecified atom stereocenters. The first-order chi connectivity index (χ1) is 15.9. The zero-order chi connectivity index (χ0) is 23.4. The number of carbonyl (C=O) groups excluding carboxylic acids is 1. The molecule has 10 nitrogen and oxygen atoms in total. The summed E-state index contributed by atoms with van der Waals surface area (Å²) < 4.78 is 29.4. The van der Waals surface area contributed by atoms with Gasteiger partial charge in [-0.3, -0.25) is 4.79 Å². The molecule has 0 bridgehead atoms. The van der Waals surface area contributed by atoms with Crippen molar-refractivity contribution in [2.45, 2.75) is 49.6 Å². The van der Waals surface area contributed by atoms with Crippen molar-refractivity contribution in [2.75, 3.05) is 12.4 Å². The number of carbonyl (C=O) groups is 1. The van der Waals surface area contributed by atoms with E-state index in [-0.39, 0.29) is 17.5 Å². The van der Waals surface area contributed by atoms with Crippen LogP contribution in [0.5, 0.6) is 0 Å². The maximum Gasteiger partial charge on any atom is 0.368 e. The van der Waals surface area contributed by atoms with Gasteiger partial charge in [0.15, 0.2) is 0 Å². The van der Waals surface area contributed by atoms with E-state index in [1.807, 2.05) is 6.07 Å². The quantitative estimate of drug-likeness (QED) is 0.564. The lowest BCUT2D eigenvalue weighted by molar-refractivity contribution is -0.117. The van der Waals surface area contributed by atoms with Crippen molar-refractivity contribution >= 4 is 21.6 Å². The lowest BCUT2D eigenvalue weighted by atomic mass is 9.96. The van der Waals surface area contributed by atoms with Gasteiger partial charge in [0.1, 0.15) is 6.54 Å². The van der Waals surface area contributed by atoms with Crippen molar-refractivity contribution in [3.63, 3.8) is 0 Å². The Morgan fingerprint density at radius 2 is 1.70 bits per heavy atom. The Balaban J connectivity index is 1.41. The molecule has 0 spiro atoms. The Bertz CT molecular complexity index is 1260. The average Bonchev–Trinajstić information content (AvgIpc) is 3.19. The molecule has 1 saturated carbocycles. The van der Waals surface area contributed by atoms with Crippen LogP contribution >= 0.6 is 0 Å². The number of aromatic nitrogens is 4. The van der Waals surface area contributed by atoms with E-state index in [0.717, 1.165) is 41.5 Å². The molecule has 33 heavy (non-hydrogen) atoms. The van der Waals surface area contributed by atoms with Gasteiger partial charge < -0.3 is 5.32 Å². The van der Waals surface area contributed by atoms with Gasteiger partial charge in [-0.05, 0) is 59.7 Å². The fourth-order valence-electron chi connectivity index (χ4n) is 3.96. The number of tetrazole rings is 1. The zero-order valence-electron chi connectivity index (χ0n) is 18.3. The Hall–Kier alpha value is -3.31. The highest BCUT2D eigenvalue weighted by atomic mass is 32.2. The molecule has 1 N–H and O–H groups in total. The number of hydrogen-bond donors (Lipinski definition) is 1. The topological polar surface area (TPSA) is 119 Å². The van der Waals surface area contributed by atoms with E-state index in [2.05, 4.69) is 15.7 Å². The first-order valence-corrected chi connectivity index (χ1v) is 12.3. The second kappa shape index (κ2) is 9.67. The summed E-state index contributed by atoms with van der Waals surface area (Å²) >= 11 is 0. The number of hydrogen-bond acceptors (Lipinski definition) is 6. The van der Waals surface area contributed by atoms with Crippen molar-refractivity contribution in [2.24, 2.45) is 0 Å². The minimum atomic E-state index is -3.61. The van der Waals surface area contributed by atoms with Crippen molar-refractivity contribution in [1.29, 1.82) is 0 Å². The van der Waals surface area contributed by atoms with Crippen LogP contribution in [0, 0.1) is 0 Å². The molecule has 11 heteroatoms. The number of sulfonamides is 1. The van der Waals surface area contributed by atoms with Crippen LogP contribution in [0.4, 0.5) is 5.69 Å². The molecule has 0 aliphatic heterocycles. The summed E-state index contributed by atoms with van der Waals surface area (Å²) in [6.07, 6.45) is 4.97. The van der Waals surface area contributed by atoms with Gasteiger partial charge in [-0.25, -0.2) is 13.2 Å². The molecule has 1 aromatic heterocycles. The minimum absolute atomic E-state index is 0.0192. The Morgan fingerprint density at radius 3 is 2.36 bits per heavy atom. The van der Waals surface area contributed by atoms with E-state index < -0.39 is 21.6 Å². The van der Waals surface area contributed by atoms with Gasteiger partial charge in [-0.1, -0.05) is 37.5 Å². The molecule has 0 atom stereocenters. The summed E-state index contributed by atoms with van der Waals surface area (Å²) in [5.74, 6) is -0.479. The number of rotatable bonds is 7. The van der Waals surface area contributed by atoms with E-state index in [9.17, 15) is 18.0 Å². The van der Waals surface area contributed by atoms with Crippen molar-refractivity contribution in [3.8, 4) is 5.69 Å². The first kappa shape index (κ1) is 22.9. The second-order valence-corrected chi connectivity index (χ2v) is 10.0. The number of nitrogens with one attached hydrogen (secondary N) is 1. The van der Waals surface area contributed by atoms with Crippen LogP contribution in [0.15, 0.2) is 64.3 Å². The van der Waals surface area contributed by atoms with Gasteiger partial charge in [-0.2, -0.15) is 13.7 Å². The molecule has 0 saturated heterocycles. The molecule has 1 amide bonds. The predicted molar refractivity (Wildman–Crippen MR) is 123 cm³/mol. The fourth-order valence-corrected chi connectivity index (χ4v) is 5.37. The number of para-hydroxylation sites is 1. The normalized spacial score (nSPS) is 15.0. The van der Waals surface area contributed by atoms with Crippen molar-refractivity contribution < 1.29 is 13.2 Å². The molecule has 3 aromatic rings. The van der Waals surface area contributed by atoms with Crippen LogP contribution in [0.25, 0.3) is 5.69 Å².